The Morgan fingerprint density at radius 2 is 2.00 bits per heavy atom. The van der Waals surface area contributed by atoms with Crippen LogP contribution < -0.4 is 14.8 Å². The summed E-state index contributed by atoms with van der Waals surface area (Å²) < 4.78 is 42.2. The quantitative estimate of drug-likeness (QED) is 0.330. The molecule has 10 heteroatoms. The van der Waals surface area contributed by atoms with Crippen LogP contribution in [0.2, 0.25) is 0 Å². The first kappa shape index (κ1) is 20.0. The van der Waals surface area contributed by atoms with Crippen molar-refractivity contribution in [2.45, 2.75) is 13.5 Å². The zero-order chi connectivity index (χ0) is 21.1. The molecule has 0 fully saturated rings. The van der Waals surface area contributed by atoms with Gasteiger partial charge in [-0.2, -0.15) is 4.98 Å². The minimum absolute atomic E-state index is 0.0734. The summed E-state index contributed by atoms with van der Waals surface area (Å²) in [5.41, 5.74) is 3.12. The Balaban J connectivity index is 1.48. The zero-order valence-corrected chi connectivity index (χ0v) is 16.7. The van der Waals surface area contributed by atoms with Crippen molar-refractivity contribution in [2.24, 2.45) is 0 Å². The molecule has 0 aliphatic rings. The highest BCUT2D eigenvalue weighted by atomic mass is 32.2. The topological polar surface area (TPSA) is 112 Å². The molecule has 154 valence electrons. The summed E-state index contributed by atoms with van der Waals surface area (Å²) in [7, 11) is 0. The molecule has 4 N–H and O–H groups in total. The van der Waals surface area contributed by atoms with Crippen LogP contribution in [-0.2, 0) is 17.8 Å². The maximum absolute atomic E-state index is 14.7. The molecule has 0 amide bonds. The second-order valence-corrected chi connectivity index (χ2v) is 7.29. The van der Waals surface area contributed by atoms with E-state index >= 15 is 0 Å². The van der Waals surface area contributed by atoms with E-state index < -0.39 is 17.1 Å². The molecule has 30 heavy (non-hydrogen) atoms. The standard InChI is InChI=1S/C20H18FN5O3S/c1-12-10-15-16(24-12)6-7-17(19(15)21)29-18-8-9-22-20(26-18)25-14-4-2-13(3-5-14)11-23-30(27)28/h2-10,23-24H,11H2,1H3,(H,27,28)(H,22,25,26). The van der Waals surface area contributed by atoms with Crippen molar-refractivity contribution < 1.29 is 17.9 Å². The normalized spacial score (nSPS) is 12.1. The first-order chi connectivity index (χ1) is 14.5. The van der Waals surface area contributed by atoms with Crippen LogP contribution in [0.4, 0.5) is 16.0 Å². The smallest absolute Gasteiger partial charge is 0.232 e. The Kier molecular flexibility index (Phi) is 5.70. The van der Waals surface area contributed by atoms with Crippen molar-refractivity contribution in [3.63, 3.8) is 0 Å². The summed E-state index contributed by atoms with van der Waals surface area (Å²) in [6, 6.07) is 13.7. The van der Waals surface area contributed by atoms with Crippen molar-refractivity contribution in [3.8, 4) is 11.6 Å². The third-order valence-corrected chi connectivity index (χ3v) is 4.68. The Morgan fingerprint density at radius 1 is 1.20 bits per heavy atom. The number of nitrogens with one attached hydrogen (secondary N) is 3. The number of rotatable bonds is 7. The van der Waals surface area contributed by atoms with E-state index in [1.807, 2.05) is 6.92 Å². The van der Waals surface area contributed by atoms with Crippen molar-refractivity contribution in [1.82, 2.24) is 19.7 Å². The van der Waals surface area contributed by atoms with E-state index in [-0.39, 0.29) is 24.1 Å². The molecular formula is C20H18FN5O3S. The summed E-state index contributed by atoms with van der Waals surface area (Å²) in [6.45, 7) is 2.12. The highest BCUT2D eigenvalue weighted by Crippen LogP contribution is 2.30. The van der Waals surface area contributed by atoms with Gasteiger partial charge < -0.3 is 15.0 Å². The van der Waals surface area contributed by atoms with Crippen LogP contribution in [0.5, 0.6) is 11.6 Å². The fourth-order valence-corrected chi connectivity index (χ4v) is 3.21. The molecule has 0 aliphatic heterocycles. The lowest BCUT2D eigenvalue weighted by Gasteiger charge is -2.09. The number of halogens is 1. The molecule has 1 atom stereocenters. The summed E-state index contributed by atoms with van der Waals surface area (Å²) >= 11 is -2.06. The molecule has 8 nitrogen and oxygen atoms in total. The van der Waals surface area contributed by atoms with Crippen molar-refractivity contribution in [2.75, 3.05) is 5.32 Å². The number of hydrogen-bond acceptors (Lipinski definition) is 5. The molecule has 2 heterocycles. The summed E-state index contributed by atoms with van der Waals surface area (Å²) in [5.74, 6) is 0.0975. The summed E-state index contributed by atoms with van der Waals surface area (Å²) in [5, 5.41) is 3.49. The van der Waals surface area contributed by atoms with Gasteiger partial charge in [-0.1, -0.05) is 12.1 Å². The molecule has 0 radical (unpaired) electrons. The zero-order valence-electron chi connectivity index (χ0n) is 15.8. The van der Waals surface area contributed by atoms with Gasteiger partial charge in [0.05, 0.1) is 0 Å². The highest BCUT2D eigenvalue weighted by molar-refractivity contribution is 7.77. The third kappa shape index (κ3) is 4.62. The van der Waals surface area contributed by atoms with Crippen LogP contribution in [0, 0.1) is 12.7 Å². The number of nitrogens with zero attached hydrogens (tertiary/aromatic N) is 2. The number of aromatic nitrogens is 3. The van der Waals surface area contributed by atoms with Crippen molar-refractivity contribution >= 4 is 33.8 Å². The average molecular weight is 427 g/mol. The fourth-order valence-electron chi connectivity index (χ4n) is 2.92. The molecule has 4 rings (SSSR count). The van der Waals surface area contributed by atoms with E-state index in [0.717, 1.165) is 16.9 Å². The van der Waals surface area contributed by atoms with Gasteiger partial charge in [-0.25, -0.2) is 18.3 Å². The van der Waals surface area contributed by atoms with Gasteiger partial charge in [0.2, 0.25) is 23.1 Å². The lowest BCUT2D eigenvalue weighted by atomic mass is 10.2. The molecule has 2 aromatic heterocycles. The maximum Gasteiger partial charge on any atom is 0.232 e. The number of H-pyrrole nitrogens is 1. The van der Waals surface area contributed by atoms with Crippen LogP contribution in [-0.4, -0.2) is 23.7 Å². The SMILES string of the molecule is Cc1cc2c(F)c(Oc3ccnc(Nc4ccc(CNS(=O)O)cc4)n3)ccc2[nH]1. The second kappa shape index (κ2) is 8.57. The monoisotopic (exact) mass is 427 g/mol. The minimum atomic E-state index is -2.06. The number of anilines is 2. The summed E-state index contributed by atoms with van der Waals surface area (Å²) in [4.78, 5) is 11.5. The van der Waals surface area contributed by atoms with E-state index in [1.54, 1.807) is 48.5 Å². The molecular weight excluding hydrogens is 409 g/mol. The van der Waals surface area contributed by atoms with Crippen molar-refractivity contribution in [1.29, 1.82) is 0 Å². The highest BCUT2D eigenvalue weighted by Gasteiger charge is 2.12. The van der Waals surface area contributed by atoms with E-state index in [1.165, 1.54) is 6.20 Å². The van der Waals surface area contributed by atoms with Gasteiger partial charge >= 0.3 is 0 Å². The molecule has 2 aromatic carbocycles. The number of hydrogen-bond donors (Lipinski definition) is 4. The Morgan fingerprint density at radius 3 is 2.77 bits per heavy atom. The second-order valence-electron chi connectivity index (χ2n) is 6.50. The van der Waals surface area contributed by atoms with Gasteiger partial charge in [-0.15, -0.1) is 0 Å². The van der Waals surface area contributed by atoms with E-state index in [0.29, 0.717) is 10.9 Å². The van der Waals surface area contributed by atoms with Gasteiger partial charge in [0.15, 0.2) is 11.6 Å². The van der Waals surface area contributed by atoms with Gasteiger partial charge in [-0.05, 0) is 42.8 Å². The Bertz CT molecular complexity index is 1210. The van der Waals surface area contributed by atoms with E-state index in [4.69, 9.17) is 9.29 Å². The molecule has 0 spiro atoms. The lowest BCUT2D eigenvalue weighted by Crippen LogP contribution is -2.15. The molecule has 0 bridgehead atoms. The summed E-state index contributed by atoms with van der Waals surface area (Å²) in [6.07, 6.45) is 1.51. The Labute approximate surface area is 173 Å². The fraction of sp³-hybridized carbons (Fsp3) is 0.100. The number of benzene rings is 2. The lowest BCUT2D eigenvalue weighted by molar-refractivity contribution is 0.430. The van der Waals surface area contributed by atoms with Crippen LogP contribution in [0.25, 0.3) is 10.9 Å². The first-order valence-electron chi connectivity index (χ1n) is 8.97. The number of fused-ring (bicyclic) bond motifs is 1. The van der Waals surface area contributed by atoms with Crippen molar-refractivity contribution in [3.05, 3.63) is 71.8 Å². The first-order valence-corrected chi connectivity index (χ1v) is 10.1. The van der Waals surface area contributed by atoms with Gasteiger partial charge in [-0.3, -0.25) is 4.55 Å². The Hall–Kier alpha value is -3.34. The van der Waals surface area contributed by atoms with Gasteiger partial charge in [0.1, 0.15) is 0 Å². The molecule has 4 aromatic rings. The number of ether oxygens (including phenoxy) is 1. The van der Waals surface area contributed by atoms with Gasteiger partial charge in [0, 0.05) is 41.1 Å². The van der Waals surface area contributed by atoms with Crippen LogP contribution in [0.3, 0.4) is 0 Å². The number of aryl methyl sites for hydroxylation is 1. The van der Waals surface area contributed by atoms with Crippen LogP contribution in [0.15, 0.2) is 54.7 Å². The molecule has 0 saturated carbocycles. The largest absolute Gasteiger partial charge is 0.436 e. The van der Waals surface area contributed by atoms with Crippen LogP contribution >= 0.6 is 0 Å². The predicted molar refractivity (Wildman–Crippen MR) is 112 cm³/mol. The van der Waals surface area contributed by atoms with E-state index in [9.17, 15) is 8.60 Å². The molecule has 1 unspecified atom stereocenters. The minimum Gasteiger partial charge on any atom is -0.436 e. The average Bonchev–Trinajstić information content (AvgIpc) is 3.11. The number of aromatic amines is 1. The van der Waals surface area contributed by atoms with Crippen LogP contribution in [0.1, 0.15) is 11.3 Å². The van der Waals surface area contributed by atoms with E-state index in [2.05, 4.69) is 25.0 Å². The molecule has 0 saturated heterocycles. The maximum atomic E-state index is 14.7. The third-order valence-electron chi connectivity index (χ3n) is 4.29. The predicted octanol–water partition coefficient (Wildman–Crippen LogP) is 4.17. The molecule has 0 aliphatic carbocycles. The van der Waals surface area contributed by atoms with Gasteiger partial charge in [0.25, 0.3) is 0 Å².